The van der Waals surface area contributed by atoms with Crippen molar-refractivity contribution in [3.05, 3.63) is 170 Å². The highest BCUT2D eigenvalue weighted by atomic mass is 16.3. The SMILES string of the molecule is c1ccc(-c2nc(-c3ccccc3)nc(-c3cccc(-c4ccc5ccccc5c4-c4cccc5oc(-c6ccccc6)nc45)c3)n2)cc1. The van der Waals surface area contributed by atoms with Crippen LogP contribution in [0.4, 0.5) is 0 Å². The normalized spacial score (nSPS) is 11.3. The molecule has 0 radical (unpaired) electrons. The van der Waals surface area contributed by atoms with Gasteiger partial charge in [-0.3, -0.25) is 0 Å². The summed E-state index contributed by atoms with van der Waals surface area (Å²) in [6, 6.07) is 57.6. The Kier molecular flexibility index (Phi) is 7.06. The van der Waals surface area contributed by atoms with Gasteiger partial charge in [0.2, 0.25) is 5.89 Å². The molecule has 0 aliphatic heterocycles. The molecule has 2 aromatic heterocycles. The largest absolute Gasteiger partial charge is 0.436 e. The fourth-order valence-corrected chi connectivity index (χ4v) is 6.42. The van der Waals surface area contributed by atoms with Gasteiger partial charge in [0.15, 0.2) is 23.1 Å². The molecule has 0 unspecified atom stereocenters. The van der Waals surface area contributed by atoms with Crippen LogP contribution in [0.2, 0.25) is 0 Å². The van der Waals surface area contributed by atoms with Crippen LogP contribution in [-0.4, -0.2) is 19.9 Å². The first-order valence-corrected chi connectivity index (χ1v) is 16.2. The Morgan fingerprint density at radius 3 is 1.61 bits per heavy atom. The summed E-state index contributed by atoms with van der Waals surface area (Å²) < 4.78 is 6.31. The Hall–Kier alpha value is -6.72. The molecule has 5 nitrogen and oxygen atoms in total. The van der Waals surface area contributed by atoms with Crippen LogP contribution in [0.1, 0.15) is 0 Å². The lowest BCUT2D eigenvalue weighted by molar-refractivity contribution is 0.620. The van der Waals surface area contributed by atoms with Gasteiger partial charge in [-0.15, -0.1) is 0 Å². The smallest absolute Gasteiger partial charge is 0.227 e. The molecule has 49 heavy (non-hydrogen) atoms. The summed E-state index contributed by atoms with van der Waals surface area (Å²) in [5, 5.41) is 2.29. The number of hydrogen-bond acceptors (Lipinski definition) is 5. The van der Waals surface area contributed by atoms with E-state index >= 15 is 0 Å². The first-order valence-electron chi connectivity index (χ1n) is 16.2. The Labute approximate surface area is 283 Å². The molecule has 230 valence electrons. The molecule has 0 aliphatic rings. The Balaban J connectivity index is 1.24. The van der Waals surface area contributed by atoms with E-state index in [1.165, 1.54) is 0 Å². The van der Waals surface area contributed by atoms with Gasteiger partial charge in [0, 0.05) is 27.8 Å². The van der Waals surface area contributed by atoms with E-state index in [4.69, 9.17) is 24.4 Å². The molecule has 5 heteroatoms. The zero-order valence-corrected chi connectivity index (χ0v) is 26.4. The molecule has 9 rings (SSSR count). The maximum absolute atomic E-state index is 6.31. The monoisotopic (exact) mass is 628 g/mol. The van der Waals surface area contributed by atoms with Crippen molar-refractivity contribution < 1.29 is 4.42 Å². The maximum Gasteiger partial charge on any atom is 0.227 e. The minimum atomic E-state index is 0.602. The third-order valence-corrected chi connectivity index (χ3v) is 8.77. The topological polar surface area (TPSA) is 64.7 Å². The fourth-order valence-electron chi connectivity index (χ4n) is 6.42. The molecule has 0 atom stereocenters. The van der Waals surface area contributed by atoms with E-state index < -0.39 is 0 Å². The fraction of sp³-hybridized carbons (Fsp3) is 0. The van der Waals surface area contributed by atoms with Crippen LogP contribution in [0.5, 0.6) is 0 Å². The molecule has 9 aromatic rings. The molecule has 0 saturated carbocycles. The van der Waals surface area contributed by atoms with E-state index in [9.17, 15) is 0 Å². The van der Waals surface area contributed by atoms with Crippen molar-refractivity contribution in [2.45, 2.75) is 0 Å². The van der Waals surface area contributed by atoms with Crippen LogP contribution >= 0.6 is 0 Å². The van der Waals surface area contributed by atoms with Crippen LogP contribution in [0, 0.1) is 0 Å². The molecule has 0 bridgehead atoms. The van der Waals surface area contributed by atoms with E-state index in [0.29, 0.717) is 23.4 Å². The van der Waals surface area contributed by atoms with E-state index in [0.717, 1.165) is 66.4 Å². The van der Waals surface area contributed by atoms with Crippen molar-refractivity contribution in [1.29, 1.82) is 0 Å². The Bertz CT molecular complexity index is 2540. The second-order valence-electron chi connectivity index (χ2n) is 11.9. The number of aromatic nitrogens is 4. The quantitative estimate of drug-likeness (QED) is 0.183. The molecular formula is C44H28N4O. The Morgan fingerprint density at radius 2 is 0.918 bits per heavy atom. The summed E-state index contributed by atoms with van der Waals surface area (Å²) >= 11 is 0. The third-order valence-electron chi connectivity index (χ3n) is 8.77. The summed E-state index contributed by atoms with van der Waals surface area (Å²) in [7, 11) is 0. The molecule has 7 aromatic carbocycles. The van der Waals surface area contributed by atoms with Crippen molar-refractivity contribution in [1.82, 2.24) is 19.9 Å². The second kappa shape index (κ2) is 12.1. The lowest BCUT2D eigenvalue weighted by Crippen LogP contribution is -2.00. The summed E-state index contributed by atoms with van der Waals surface area (Å²) in [6.07, 6.45) is 0. The lowest BCUT2D eigenvalue weighted by atomic mass is 9.88. The van der Waals surface area contributed by atoms with Crippen LogP contribution in [0.3, 0.4) is 0 Å². The van der Waals surface area contributed by atoms with E-state index in [1.54, 1.807) is 0 Å². The highest BCUT2D eigenvalue weighted by Crippen LogP contribution is 2.42. The van der Waals surface area contributed by atoms with Gasteiger partial charge in [-0.05, 0) is 51.7 Å². The van der Waals surface area contributed by atoms with Gasteiger partial charge in [0.25, 0.3) is 0 Å². The highest BCUT2D eigenvalue weighted by molar-refractivity contribution is 6.09. The van der Waals surface area contributed by atoms with Crippen molar-refractivity contribution in [3.63, 3.8) is 0 Å². The lowest BCUT2D eigenvalue weighted by Gasteiger charge is -2.15. The average molecular weight is 629 g/mol. The summed E-state index contributed by atoms with van der Waals surface area (Å²) in [5.41, 5.74) is 9.53. The molecule has 0 saturated heterocycles. The summed E-state index contributed by atoms with van der Waals surface area (Å²) in [4.78, 5) is 19.9. The van der Waals surface area contributed by atoms with Gasteiger partial charge in [-0.1, -0.05) is 146 Å². The molecular weight excluding hydrogens is 601 g/mol. The van der Waals surface area contributed by atoms with Gasteiger partial charge in [-0.25, -0.2) is 19.9 Å². The van der Waals surface area contributed by atoms with Crippen molar-refractivity contribution >= 4 is 21.9 Å². The molecule has 0 amide bonds. The minimum Gasteiger partial charge on any atom is -0.436 e. The van der Waals surface area contributed by atoms with Gasteiger partial charge in [0.1, 0.15) is 5.52 Å². The second-order valence-corrected chi connectivity index (χ2v) is 11.9. The average Bonchev–Trinajstić information content (AvgIpc) is 3.64. The number of rotatable bonds is 6. The number of fused-ring (bicyclic) bond motifs is 2. The summed E-state index contributed by atoms with van der Waals surface area (Å²) in [5.74, 6) is 2.48. The van der Waals surface area contributed by atoms with E-state index in [1.807, 2.05) is 103 Å². The van der Waals surface area contributed by atoms with Crippen molar-refractivity contribution in [2.24, 2.45) is 0 Å². The predicted molar refractivity (Wildman–Crippen MR) is 198 cm³/mol. The standard InChI is InChI=1S/C44H28N4O/c1-4-15-30(16-5-1)41-46-42(31-17-6-2-7-18-31)48-43(47-41)34-22-12-21-33(28-34)36-27-26-29-14-10-11-23-35(29)39(36)37-24-13-25-38-40(37)45-44(49-38)32-19-8-3-9-20-32/h1-28H. The summed E-state index contributed by atoms with van der Waals surface area (Å²) in [6.45, 7) is 0. The third kappa shape index (κ3) is 5.33. The number of oxazole rings is 1. The van der Waals surface area contributed by atoms with Gasteiger partial charge in [-0.2, -0.15) is 0 Å². The van der Waals surface area contributed by atoms with Crippen LogP contribution in [-0.2, 0) is 0 Å². The first kappa shape index (κ1) is 28.5. The van der Waals surface area contributed by atoms with Crippen LogP contribution in [0.15, 0.2) is 174 Å². The number of hydrogen-bond donors (Lipinski definition) is 0. The molecule has 0 aliphatic carbocycles. The minimum absolute atomic E-state index is 0.602. The molecule has 2 heterocycles. The van der Waals surface area contributed by atoms with Crippen molar-refractivity contribution in [2.75, 3.05) is 0 Å². The first-order chi connectivity index (χ1) is 24.3. The van der Waals surface area contributed by atoms with Crippen molar-refractivity contribution in [3.8, 4) is 67.9 Å². The van der Waals surface area contributed by atoms with E-state index in [2.05, 4.69) is 66.7 Å². The van der Waals surface area contributed by atoms with E-state index in [-0.39, 0.29) is 0 Å². The molecule has 0 spiro atoms. The zero-order valence-electron chi connectivity index (χ0n) is 26.4. The van der Waals surface area contributed by atoms with Gasteiger partial charge < -0.3 is 4.42 Å². The highest BCUT2D eigenvalue weighted by Gasteiger charge is 2.19. The molecule has 0 N–H and O–H groups in total. The number of para-hydroxylation sites is 1. The Morgan fingerprint density at radius 1 is 0.367 bits per heavy atom. The molecule has 0 fully saturated rings. The maximum atomic E-state index is 6.31. The number of nitrogens with zero attached hydrogens (tertiary/aromatic N) is 4. The van der Waals surface area contributed by atoms with Gasteiger partial charge in [0.05, 0.1) is 0 Å². The van der Waals surface area contributed by atoms with Crippen LogP contribution < -0.4 is 0 Å². The predicted octanol–water partition coefficient (Wildman–Crippen LogP) is 11.2. The van der Waals surface area contributed by atoms with Crippen LogP contribution in [0.25, 0.3) is 89.7 Å². The van der Waals surface area contributed by atoms with Gasteiger partial charge >= 0.3 is 0 Å². The zero-order chi connectivity index (χ0) is 32.6. The number of benzene rings is 7.